The van der Waals surface area contributed by atoms with Gasteiger partial charge in [0.2, 0.25) is 0 Å². The van der Waals surface area contributed by atoms with E-state index in [9.17, 15) is 8.78 Å². The van der Waals surface area contributed by atoms with Crippen molar-refractivity contribution >= 4 is 0 Å². The van der Waals surface area contributed by atoms with E-state index in [0.29, 0.717) is 13.1 Å². The Bertz CT molecular complexity index is 708. The molecule has 0 atom stereocenters. The zero-order chi connectivity index (χ0) is 17.6. The van der Waals surface area contributed by atoms with Gasteiger partial charge in [-0.15, -0.1) is 0 Å². The molecule has 0 aliphatic carbocycles. The second kappa shape index (κ2) is 8.41. The van der Waals surface area contributed by atoms with Gasteiger partial charge in [0.05, 0.1) is 7.11 Å². The van der Waals surface area contributed by atoms with Gasteiger partial charge in [0, 0.05) is 31.7 Å². The van der Waals surface area contributed by atoms with Crippen LogP contribution in [0.5, 0.6) is 5.75 Å². The Kier molecular flexibility index (Phi) is 6.00. The van der Waals surface area contributed by atoms with E-state index in [1.54, 1.807) is 18.2 Å². The van der Waals surface area contributed by atoms with Crippen molar-refractivity contribution in [1.82, 2.24) is 9.80 Å². The highest BCUT2D eigenvalue weighted by Crippen LogP contribution is 2.19. The molecule has 0 aromatic heterocycles. The van der Waals surface area contributed by atoms with E-state index < -0.39 is 0 Å². The fraction of sp³-hybridized carbons (Fsp3) is 0.400. The largest absolute Gasteiger partial charge is 0.494 e. The molecule has 25 heavy (non-hydrogen) atoms. The third kappa shape index (κ3) is 4.77. The molecule has 1 aliphatic heterocycles. The lowest BCUT2D eigenvalue weighted by molar-refractivity contribution is 0.245. The molecule has 134 valence electrons. The molecule has 0 N–H and O–H groups in total. The predicted octanol–water partition coefficient (Wildman–Crippen LogP) is 3.68. The first-order valence-corrected chi connectivity index (χ1v) is 8.66. The highest BCUT2D eigenvalue weighted by Gasteiger charge is 2.17. The number of ether oxygens (including phenoxy) is 1. The number of hydrogen-bond donors (Lipinski definition) is 0. The maximum Gasteiger partial charge on any atom is 0.165 e. The smallest absolute Gasteiger partial charge is 0.165 e. The highest BCUT2D eigenvalue weighted by atomic mass is 19.1. The van der Waals surface area contributed by atoms with Crippen molar-refractivity contribution in [3.63, 3.8) is 0 Å². The van der Waals surface area contributed by atoms with Gasteiger partial charge in [-0.3, -0.25) is 9.80 Å². The lowest BCUT2D eigenvalue weighted by Crippen LogP contribution is -2.30. The van der Waals surface area contributed by atoms with E-state index in [1.165, 1.54) is 13.2 Å². The summed E-state index contributed by atoms with van der Waals surface area (Å²) in [5.41, 5.74) is 1.69. The predicted molar refractivity (Wildman–Crippen MR) is 94.5 cm³/mol. The molecule has 0 saturated carbocycles. The average Bonchev–Trinajstić information content (AvgIpc) is 2.82. The number of benzene rings is 2. The second-order valence-corrected chi connectivity index (χ2v) is 6.47. The molecule has 0 spiro atoms. The normalized spacial score (nSPS) is 16.6. The first-order chi connectivity index (χ1) is 12.2. The maximum atomic E-state index is 13.8. The number of methoxy groups -OCH3 is 1. The fourth-order valence-electron chi connectivity index (χ4n) is 3.27. The van der Waals surface area contributed by atoms with Gasteiger partial charge in [-0.2, -0.15) is 0 Å². The van der Waals surface area contributed by atoms with Crippen molar-refractivity contribution in [3.8, 4) is 5.75 Å². The molecule has 1 aliphatic rings. The van der Waals surface area contributed by atoms with E-state index in [-0.39, 0.29) is 17.4 Å². The van der Waals surface area contributed by atoms with Crippen molar-refractivity contribution in [1.29, 1.82) is 0 Å². The standard InChI is InChI=1S/C20H24F2N2O/c1-25-20-8-7-16(13-19(20)22)14-23-9-4-10-24(12-11-23)15-17-5-2-3-6-18(17)21/h2-3,5-8,13H,4,9-12,14-15H2,1H3. The van der Waals surface area contributed by atoms with E-state index in [4.69, 9.17) is 4.74 Å². The van der Waals surface area contributed by atoms with Crippen molar-refractivity contribution < 1.29 is 13.5 Å². The minimum Gasteiger partial charge on any atom is -0.494 e. The minimum absolute atomic E-state index is 0.141. The van der Waals surface area contributed by atoms with Gasteiger partial charge in [-0.05, 0) is 43.3 Å². The molecule has 2 aromatic rings. The Morgan fingerprint density at radius 3 is 2.28 bits per heavy atom. The average molecular weight is 346 g/mol. The van der Waals surface area contributed by atoms with Crippen LogP contribution in [0.1, 0.15) is 17.5 Å². The quantitative estimate of drug-likeness (QED) is 0.821. The summed E-state index contributed by atoms with van der Waals surface area (Å²) < 4.78 is 32.6. The molecule has 0 unspecified atom stereocenters. The van der Waals surface area contributed by atoms with Crippen LogP contribution < -0.4 is 4.74 Å². The molecule has 3 rings (SSSR count). The number of nitrogens with zero attached hydrogens (tertiary/aromatic N) is 2. The topological polar surface area (TPSA) is 15.7 Å². The Hall–Kier alpha value is -1.98. The van der Waals surface area contributed by atoms with Gasteiger partial charge in [0.25, 0.3) is 0 Å². The Morgan fingerprint density at radius 1 is 0.880 bits per heavy atom. The van der Waals surface area contributed by atoms with E-state index in [2.05, 4.69) is 9.80 Å². The summed E-state index contributed by atoms with van der Waals surface area (Å²) >= 11 is 0. The fourth-order valence-corrected chi connectivity index (χ4v) is 3.27. The molecule has 1 fully saturated rings. The zero-order valence-electron chi connectivity index (χ0n) is 14.5. The SMILES string of the molecule is COc1ccc(CN2CCCN(Cc3ccccc3F)CC2)cc1F. The van der Waals surface area contributed by atoms with E-state index >= 15 is 0 Å². The van der Waals surface area contributed by atoms with Crippen LogP contribution in [0.2, 0.25) is 0 Å². The summed E-state index contributed by atoms with van der Waals surface area (Å²) in [5, 5.41) is 0. The van der Waals surface area contributed by atoms with Crippen LogP contribution in [0.25, 0.3) is 0 Å². The van der Waals surface area contributed by atoms with Crippen molar-refractivity contribution in [2.45, 2.75) is 19.5 Å². The highest BCUT2D eigenvalue weighted by molar-refractivity contribution is 5.29. The van der Waals surface area contributed by atoms with Gasteiger partial charge < -0.3 is 4.74 Å². The van der Waals surface area contributed by atoms with Crippen LogP contribution in [0.15, 0.2) is 42.5 Å². The third-order valence-electron chi connectivity index (χ3n) is 4.66. The summed E-state index contributed by atoms with van der Waals surface area (Å²) in [6, 6.07) is 12.1. The first kappa shape index (κ1) is 17.8. The summed E-state index contributed by atoms with van der Waals surface area (Å²) in [6.07, 6.45) is 1.02. The van der Waals surface area contributed by atoms with Crippen molar-refractivity contribution in [2.24, 2.45) is 0 Å². The summed E-state index contributed by atoms with van der Waals surface area (Å²) in [7, 11) is 1.47. The lowest BCUT2D eigenvalue weighted by Gasteiger charge is -2.22. The molecular formula is C20H24F2N2O. The lowest BCUT2D eigenvalue weighted by atomic mass is 10.2. The van der Waals surface area contributed by atoms with Gasteiger partial charge in [0.15, 0.2) is 11.6 Å². The summed E-state index contributed by atoms with van der Waals surface area (Å²) in [6.45, 7) is 5.03. The van der Waals surface area contributed by atoms with Crippen LogP contribution in [0.3, 0.4) is 0 Å². The van der Waals surface area contributed by atoms with Crippen LogP contribution >= 0.6 is 0 Å². The Labute approximate surface area is 147 Å². The monoisotopic (exact) mass is 346 g/mol. The summed E-state index contributed by atoms with van der Waals surface area (Å²) in [4.78, 5) is 4.61. The number of rotatable bonds is 5. The van der Waals surface area contributed by atoms with Gasteiger partial charge in [-0.1, -0.05) is 24.3 Å². The van der Waals surface area contributed by atoms with Crippen LogP contribution in [0, 0.1) is 11.6 Å². The van der Waals surface area contributed by atoms with Crippen molar-refractivity contribution in [3.05, 3.63) is 65.2 Å². The molecule has 3 nitrogen and oxygen atoms in total. The maximum absolute atomic E-state index is 13.8. The van der Waals surface area contributed by atoms with Gasteiger partial charge >= 0.3 is 0 Å². The molecule has 2 aromatic carbocycles. The van der Waals surface area contributed by atoms with Crippen molar-refractivity contribution in [2.75, 3.05) is 33.3 Å². The first-order valence-electron chi connectivity index (χ1n) is 8.66. The van der Waals surface area contributed by atoms with E-state index in [0.717, 1.165) is 43.7 Å². The molecule has 1 heterocycles. The van der Waals surface area contributed by atoms with Gasteiger partial charge in [0.1, 0.15) is 5.82 Å². The number of hydrogen-bond acceptors (Lipinski definition) is 3. The Balaban J connectivity index is 1.56. The molecule has 0 radical (unpaired) electrons. The minimum atomic E-state index is -0.323. The molecular weight excluding hydrogens is 322 g/mol. The molecule has 0 bridgehead atoms. The van der Waals surface area contributed by atoms with Crippen LogP contribution in [-0.2, 0) is 13.1 Å². The molecule has 5 heteroatoms. The summed E-state index contributed by atoms with van der Waals surface area (Å²) in [5.74, 6) is -0.191. The molecule has 1 saturated heterocycles. The zero-order valence-corrected chi connectivity index (χ0v) is 14.5. The third-order valence-corrected chi connectivity index (χ3v) is 4.66. The Morgan fingerprint density at radius 2 is 1.60 bits per heavy atom. The van der Waals surface area contributed by atoms with Crippen LogP contribution in [0.4, 0.5) is 8.78 Å². The molecule has 0 amide bonds. The van der Waals surface area contributed by atoms with E-state index in [1.807, 2.05) is 18.2 Å². The second-order valence-electron chi connectivity index (χ2n) is 6.47. The number of halogens is 2. The van der Waals surface area contributed by atoms with Crippen LogP contribution in [-0.4, -0.2) is 43.1 Å². The van der Waals surface area contributed by atoms with Gasteiger partial charge in [-0.25, -0.2) is 8.78 Å².